The molecule has 0 spiro atoms. The molecule has 2 aliphatic heterocycles. The zero-order valence-corrected chi connectivity index (χ0v) is 12.4. The van der Waals surface area contributed by atoms with Crippen molar-refractivity contribution >= 4 is 11.7 Å². The summed E-state index contributed by atoms with van der Waals surface area (Å²) >= 11 is 0. The van der Waals surface area contributed by atoms with Gasteiger partial charge in [0.05, 0.1) is 18.6 Å². The first-order valence-corrected chi connectivity index (χ1v) is 7.92. The number of nitrogens with two attached hydrogens (primary N) is 1. The molecule has 3 heterocycles. The highest BCUT2D eigenvalue weighted by Crippen LogP contribution is 2.24. The highest BCUT2D eigenvalue weighted by Gasteiger charge is 2.26. The fourth-order valence-electron chi connectivity index (χ4n) is 3.23. The Morgan fingerprint density at radius 2 is 2.14 bits per heavy atom. The summed E-state index contributed by atoms with van der Waals surface area (Å²) < 4.78 is 7.59. The van der Waals surface area contributed by atoms with Crippen molar-refractivity contribution < 1.29 is 9.53 Å². The number of likely N-dealkylation sites (tertiary alicyclic amines) is 1. The lowest BCUT2D eigenvalue weighted by molar-refractivity contribution is -0.136. The van der Waals surface area contributed by atoms with Crippen LogP contribution in [0.4, 0.5) is 5.82 Å². The number of aromatic nitrogens is 2. The van der Waals surface area contributed by atoms with Gasteiger partial charge in [-0.3, -0.25) is 9.48 Å². The molecule has 2 N–H and O–H groups in total. The monoisotopic (exact) mass is 292 g/mol. The van der Waals surface area contributed by atoms with Crippen LogP contribution in [0.1, 0.15) is 44.6 Å². The molecule has 2 aliphatic rings. The van der Waals surface area contributed by atoms with Crippen LogP contribution in [-0.4, -0.2) is 46.4 Å². The van der Waals surface area contributed by atoms with Crippen molar-refractivity contribution in [2.45, 2.75) is 50.7 Å². The topological polar surface area (TPSA) is 73.4 Å². The molecule has 1 atom stereocenters. The Morgan fingerprint density at radius 1 is 1.33 bits per heavy atom. The molecule has 116 valence electrons. The predicted molar refractivity (Wildman–Crippen MR) is 79.7 cm³/mol. The second kappa shape index (κ2) is 6.47. The molecule has 1 amide bonds. The summed E-state index contributed by atoms with van der Waals surface area (Å²) in [6.07, 6.45) is 7.82. The van der Waals surface area contributed by atoms with Crippen LogP contribution in [0.3, 0.4) is 0 Å². The van der Waals surface area contributed by atoms with E-state index in [9.17, 15) is 4.79 Å². The van der Waals surface area contributed by atoms with Gasteiger partial charge in [-0.1, -0.05) is 0 Å². The van der Waals surface area contributed by atoms with Crippen molar-refractivity contribution in [2.24, 2.45) is 0 Å². The molecule has 6 heteroatoms. The molecule has 1 aromatic heterocycles. The van der Waals surface area contributed by atoms with E-state index in [4.69, 9.17) is 10.5 Å². The third-order valence-corrected chi connectivity index (χ3v) is 4.50. The van der Waals surface area contributed by atoms with E-state index in [-0.39, 0.29) is 12.0 Å². The molecule has 0 aliphatic carbocycles. The summed E-state index contributed by atoms with van der Waals surface area (Å²) in [5.41, 5.74) is 5.65. The maximum Gasteiger partial charge on any atom is 0.225 e. The van der Waals surface area contributed by atoms with E-state index in [2.05, 4.69) is 5.10 Å². The molecule has 6 nitrogen and oxygen atoms in total. The van der Waals surface area contributed by atoms with Gasteiger partial charge in [-0.25, -0.2) is 0 Å². The van der Waals surface area contributed by atoms with Crippen molar-refractivity contribution in [1.29, 1.82) is 0 Å². The summed E-state index contributed by atoms with van der Waals surface area (Å²) in [4.78, 5) is 14.3. The summed E-state index contributed by atoms with van der Waals surface area (Å²) in [7, 11) is 0. The van der Waals surface area contributed by atoms with Crippen molar-refractivity contribution in [3.63, 3.8) is 0 Å². The van der Waals surface area contributed by atoms with Gasteiger partial charge >= 0.3 is 0 Å². The van der Waals surface area contributed by atoms with Crippen LogP contribution in [0, 0.1) is 0 Å². The van der Waals surface area contributed by atoms with Gasteiger partial charge < -0.3 is 15.4 Å². The third kappa shape index (κ3) is 3.56. The van der Waals surface area contributed by atoms with Crippen molar-refractivity contribution in [3.8, 4) is 0 Å². The number of anilines is 1. The van der Waals surface area contributed by atoms with Crippen LogP contribution < -0.4 is 5.73 Å². The van der Waals surface area contributed by atoms with Crippen LogP contribution >= 0.6 is 0 Å². The van der Waals surface area contributed by atoms with Crippen LogP contribution in [0.5, 0.6) is 0 Å². The maximum absolute atomic E-state index is 12.3. The second-order valence-corrected chi connectivity index (χ2v) is 6.03. The number of piperidine rings is 1. The Kier molecular flexibility index (Phi) is 4.43. The number of carbonyl (C=O) groups excluding carboxylic acids is 1. The van der Waals surface area contributed by atoms with E-state index < -0.39 is 0 Å². The lowest BCUT2D eigenvalue weighted by atomic mass is 10.0. The molecule has 0 aromatic carbocycles. The Hall–Kier alpha value is -1.56. The Morgan fingerprint density at radius 3 is 2.76 bits per heavy atom. The van der Waals surface area contributed by atoms with Gasteiger partial charge in [0.1, 0.15) is 5.82 Å². The molecule has 0 bridgehead atoms. The maximum atomic E-state index is 12.3. The van der Waals surface area contributed by atoms with Crippen LogP contribution in [0.25, 0.3) is 0 Å². The Bertz CT molecular complexity index is 474. The molecule has 2 fully saturated rings. The smallest absolute Gasteiger partial charge is 0.225 e. The second-order valence-electron chi connectivity index (χ2n) is 6.03. The highest BCUT2D eigenvalue weighted by atomic mass is 16.5. The first-order valence-electron chi connectivity index (χ1n) is 7.92. The summed E-state index contributed by atoms with van der Waals surface area (Å²) in [6, 6.07) is 2.18. The Balaban J connectivity index is 1.47. The minimum absolute atomic E-state index is 0.134. The first kappa shape index (κ1) is 14.4. The summed E-state index contributed by atoms with van der Waals surface area (Å²) in [5, 5.41) is 4.27. The lowest BCUT2D eigenvalue weighted by Gasteiger charge is -2.33. The number of nitrogen functional groups attached to an aromatic ring is 1. The molecule has 3 rings (SSSR count). The van der Waals surface area contributed by atoms with Crippen molar-refractivity contribution in [1.82, 2.24) is 14.7 Å². The molecule has 1 aromatic rings. The minimum atomic E-state index is 0.134. The number of nitrogens with zero attached hydrogens (tertiary/aromatic N) is 3. The van der Waals surface area contributed by atoms with E-state index >= 15 is 0 Å². The molecule has 2 saturated heterocycles. The average Bonchev–Trinajstić information content (AvgIpc) is 2.95. The third-order valence-electron chi connectivity index (χ3n) is 4.50. The van der Waals surface area contributed by atoms with Gasteiger partial charge in [0.15, 0.2) is 0 Å². The quantitative estimate of drug-likeness (QED) is 0.918. The van der Waals surface area contributed by atoms with Crippen LogP contribution in [0.15, 0.2) is 12.3 Å². The highest BCUT2D eigenvalue weighted by molar-refractivity contribution is 5.76. The van der Waals surface area contributed by atoms with Crippen LogP contribution in [0.2, 0.25) is 0 Å². The lowest BCUT2D eigenvalue weighted by Crippen LogP contribution is -2.41. The number of hydrogen-bond acceptors (Lipinski definition) is 4. The van der Waals surface area contributed by atoms with E-state index in [0.717, 1.165) is 45.4 Å². The number of carbonyl (C=O) groups is 1. The predicted octanol–water partition coefficient (Wildman–Crippen LogP) is 1.59. The summed E-state index contributed by atoms with van der Waals surface area (Å²) in [5.74, 6) is 0.795. The SMILES string of the molecule is Nc1ccn(C2CCN(C(=O)CC3CCCCO3)CC2)n1. The number of amides is 1. The van der Waals surface area contributed by atoms with Gasteiger partial charge in [-0.15, -0.1) is 0 Å². The Labute approximate surface area is 125 Å². The number of rotatable bonds is 3. The van der Waals surface area contributed by atoms with Gasteiger partial charge in [0.25, 0.3) is 0 Å². The van der Waals surface area contributed by atoms with E-state index in [0.29, 0.717) is 18.3 Å². The fourth-order valence-corrected chi connectivity index (χ4v) is 3.23. The first-order chi connectivity index (χ1) is 10.2. The largest absolute Gasteiger partial charge is 0.382 e. The zero-order valence-electron chi connectivity index (χ0n) is 12.4. The van der Waals surface area contributed by atoms with Gasteiger partial charge in [-0.2, -0.15) is 5.10 Å². The minimum Gasteiger partial charge on any atom is -0.382 e. The van der Waals surface area contributed by atoms with Crippen molar-refractivity contribution in [3.05, 3.63) is 12.3 Å². The zero-order chi connectivity index (χ0) is 14.7. The van der Waals surface area contributed by atoms with E-state index in [1.807, 2.05) is 21.8 Å². The molecular formula is C15H24N4O2. The van der Waals surface area contributed by atoms with Gasteiger partial charge in [-0.05, 0) is 38.2 Å². The van der Waals surface area contributed by atoms with E-state index in [1.54, 1.807) is 0 Å². The average molecular weight is 292 g/mol. The standard InChI is InChI=1S/C15H24N4O2/c16-14-6-9-19(17-14)12-4-7-18(8-5-12)15(20)11-13-3-1-2-10-21-13/h6,9,12-13H,1-5,7-8,10-11H2,(H2,16,17). The molecule has 0 saturated carbocycles. The van der Waals surface area contributed by atoms with Crippen molar-refractivity contribution in [2.75, 3.05) is 25.4 Å². The number of hydrogen-bond donors (Lipinski definition) is 1. The molecular weight excluding hydrogens is 268 g/mol. The molecule has 1 unspecified atom stereocenters. The number of ether oxygens (including phenoxy) is 1. The molecule has 0 radical (unpaired) electrons. The van der Waals surface area contributed by atoms with Gasteiger partial charge in [0, 0.05) is 25.9 Å². The molecule has 21 heavy (non-hydrogen) atoms. The van der Waals surface area contributed by atoms with E-state index in [1.165, 1.54) is 6.42 Å². The fraction of sp³-hybridized carbons (Fsp3) is 0.733. The summed E-state index contributed by atoms with van der Waals surface area (Å²) in [6.45, 7) is 2.41. The van der Waals surface area contributed by atoms with Crippen LogP contribution in [-0.2, 0) is 9.53 Å². The van der Waals surface area contributed by atoms with Gasteiger partial charge in [0.2, 0.25) is 5.91 Å². The normalized spacial score (nSPS) is 24.2.